The van der Waals surface area contributed by atoms with Gasteiger partial charge in [-0.2, -0.15) is 0 Å². The molecule has 0 spiro atoms. The number of nitrogens with zero attached hydrogens (tertiary/aromatic N) is 1. The summed E-state index contributed by atoms with van der Waals surface area (Å²) in [7, 11) is 1.65. The van der Waals surface area contributed by atoms with Crippen LogP contribution in [0.15, 0.2) is 29.2 Å². The number of esters is 1. The molecule has 156 valence electrons. The van der Waals surface area contributed by atoms with Crippen LogP contribution in [0.25, 0.3) is 11.3 Å². The van der Waals surface area contributed by atoms with Crippen molar-refractivity contribution in [1.29, 1.82) is 0 Å². The molecule has 0 radical (unpaired) electrons. The van der Waals surface area contributed by atoms with Crippen LogP contribution in [0.5, 0.6) is 11.5 Å². The summed E-state index contributed by atoms with van der Waals surface area (Å²) in [5, 5.41) is 0. The van der Waals surface area contributed by atoms with Crippen molar-refractivity contribution in [3.63, 3.8) is 0 Å². The molecule has 6 nitrogen and oxygen atoms in total. The van der Waals surface area contributed by atoms with Gasteiger partial charge in [0.25, 0.3) is 0 Å². The molecule has 1 atom stereocenters. The van der Waals surface area contributed by atoms with Crippen molar-refractivity contribution in [1.82, 2.24) is 4.57 Å². The topological polar surface area (TPSA) is 66.8 Å². The van der Waals surface area contributed by atoms with Gasteiger partial charge in [-0.25, -0.2) is 0 Å². The standard InChI is InChI=1S/C23H29NO5/c1-14(2)19-9-17-10-22(28-8-6-7-27-5)23(29-16(4)25)11-18(17)20-12-21(26)15(3)13-24(19)20/h10-14,19H,6-9H2,1-5H3. The van der Waals surface area contributed by atoms with Crippen LogP contribution in [0.4, 0.5) is 0 Å². The van der Waals surface area contributed by atoms with E-state index in [1.165, 1.54) is 6.92 Å². The molecular formula is C23H29NO5. The fourth-order valence-corrected chi connectivity index (χ4v) is 3.77. The molecule has 6 heteroatoms. The number of methoxy groups -OCH3 is 1. The monoisotopic (exact) mass is 399 g/mol. The lowest BCUT2D eigenvalue weighted by molar-refractivity contribution is -0.132. The number of aromatic nitrogens is 1. The highest BCUT2D eigenvalue weighted by molar-refractivity contribution is 5.75. The molecule has 1 aliphatic rings. The molecule has 0 bridgehead atoms. The Bertz CT molecular complexity index is 960. The first-order valence-electron chi connectivity index (χ1n) is 10.0. The van der Waals surface area contributed by atoms with Crippen LogP contribution in [0.1, 0.15) is 44.4 Å². The Kier molecular flexibility index (Phi) is 6.42. The van der Waals surface area contributed by atoms with Crippen LogP contribution in [0.3, 0.4) is 0 Å². The van der Waals surface area contributed by atoms with E-state index < -0.39 is 5.97 Å². The van der Waals surface area contributed by atoms with Crippen molar-refractivity contribution in [2.75, 3.05) is 20.3 Å². The Hall–Kier alpha value is -2.60. The molecule has 0 aliphatic carbocycles. The van der Waals surface area contributed by atoms with Gasteiger partial charge in [0.15, 0.2) is 16.9 Å². The Morgan fingerprint density at radius 2 is 1.97 bits per heavy atom. The zero-order valence-corrected chi connectivity index (χ0v) is 17.8. The Labute approximate surface area is 171 Å². The normalized spacial score (nSPS) is 15.0. The number of fused-ring (bicyclic) bond motifs is 3. The van der Waals surface area contributed by atoms with Crippen molar-refractivity contribution in [3.8, 4) is 22.8 Å². The van der Waals surface area contributed by atoms with Crippen molar-refractivity contribution < 1.29 is 19.0 Å². The molecule has 1 unspecified atom stereocenters. The summed E-state index contributed by atoms with van der Waals surface area (Å²) >= 11 is 0. The van der Waals surface area contributed by atoms with Gasteiger partial charge in [-0.1, -0.05) is 13.8 Å². The second-order valence-electron chi connectivity index (χ2n) is 7.87. The maximum Gasteiger partial charge on any atom is 0.308 e. The molecule has 29 heavy (non-hydrogen) atoms. The molecular weight excluding hydrogens is 370 g/mol. The first kappa shape index (κ1) is 21.1. The molecule has 1 aromatic heterocycles. The summed E-state index contributed by atoms with van der Waals surface area (Å²) < 4.78 is 18.6. The largest absolute Gasteiger partial charge is 0.490 e. The van der Waals surface area contributed by atoms with E-state index in [1.807, 2.05) is 25.3 Å². The summed E-state index contributed by atoms with van der Waals surface area (Å²) in [6.07, 6.45) is 3.49. The van der Waals surface area contributed by atoms with E-state index >= 15 is 0 Å². The fourth-order valence-electron chi connectivity index (χ4n) is 3.77. The van der Waals surface area contributed by atoms with Crippen molar-refractivity contribution in [2.24, 2.45) is 5.92 Å². The Morgan fingerprint density at radius 3 is 2.62 bits per heavy atom. The maximum absolute atomic E-state index is 12.4. The van der Waals surface area contributed by atoms with Crippen LogP contribution < -0.4 is 14.9 Å². The highest BCUT2D eigenvalue weighted by Gasteiger charge is 2.28. The van der Waals surface area contributed by atoms with Gasteiger partial charge in [0.1, 0.15) is 0 Å². The van der Waals surface area contributed by atoms with E-state index in [1.54, 1.807) is 13.2 Å². The summed E-state index contributed by atoms with van der Waals surface area (Å²) in [5.74, 6) is 0.892. The summed E-state index contributed by atoms with van der Waals surface area (Å²) in [5.41, 5.74) is 3.56. The van der Waals surface area contributed by atoms with Gasteiger partial charge in [-0.15, -0.1) is 0 Å². The number of hydrogen-bond acceptors (Lipinski definition) is 5. The average Bonchev–Trinajstić information content (AvgIpc) is 2.65. The molecule has 2 heterocycles. The number of ether oxygens (including phenoxy) is 3. The summed E-state index contributed by atoms with van der Waals surface area (Å²) in [6, 6.07) is 5.68. The van der Waals surface area contributed by atoms with Gasteiger partial charge in [0.2, 0.25) is 0 Å². The third kappa shape index (κ3) is 4.53. The number of rotatable bonds is 7. The molecule has 0 N–H and O–H groups in total. The maximum atomic E-state index is 12.4. The van der Waals surface area contributed by atoms with Crippen LogP contribution >= 0.6 is 0 Å². The summed E-state index contributed by atoms with van der Waals surface area (Å²) in [4.78, 5) is 24.0. The average molecular weight is 399 g/mol. The van der Waals surface area contributed by atoms with Crippen molar-refractivity contribution in [2.45, 2.75) is 46.6 Å². The number of hydrogen-bond donors (Lipinski definition) is 0. The van der Waals surface area contributed by atoms with E-state index in [9.17, 15) is 9.59 Å². The fraction of sp³-hybridized carbons (Fsp3) is 0.478. The smallest absolute Gasteiger partial charge is 0.308 e. The number of carbonyl (C=O) groups excluding carboxylic acids is 1. The molecule has 1 aromatic carbocycles. The van der Waals surface area contributed by atoms with E-state index in [4.69, 9.17) is 14.2 Å². The van der Waals surface area contributed by atoms with E-state index in [0.717, 1.165) is 35.2 Å². The van der Waals surface area contributed by atoms with E-state index in [-0.39, 0.29) is 11.5 Å². The van der Waals surface area contributed by atoms with Crippen LogP contribution in [0.2, 0.25) is 0 Å². The number of pyridine rings is 1. The number of carbonyl (C=O) groups is 1. The summed E-state index contributed by atoms with van der Waals surface area (Å²) in [6.45, 7) is 8.63. The predicted octanol–water partition coefficient (Wildman–Crippen LogP) is 3.92. The Morgan fingerprint density at radius 1 is 1.21 bits per heavy atom. The SMILES string of the molecule is COCCCOc1cc2c(cc1OC(C)=O)-c1cc(=O)c(C)cn1C(C(C)C)C2. The third-order valence-corrected chi connectivity index (χ3v) is 5.27. The zero-order valence-electron chi connectivity index (χ0n) is 17.8. The van der Waals surface area contributed by atoms with Gasteiger partial charge < -0.3 is 18.8 Å². The predicted molar refractivity (Wildman–Crippen MR) is 112 cm³/mol. The van der Waals surface area contributed by atoms with Crippen LogP contribution in [-0.2, 0) is 16.0 Å². The first-order valence-corrected chi connectivity index (χ1v) is 10.0. The third-order valence-electron chi connectivity index (χ3n) is 5.27. The Balaban J connectivity index is 2.10. The molecule has 0 amide bonds. The van der Waals surface area contributed by atoms with Crippen molar-refractivity contribution in [3.05, 3.63) is 45.7 Å². The van der Waals surface area contributed by atoms with Gasteiger partial charge in [0, 0.05) is 56.5 Å². The van der Waals surface area contributed by atoms with Gasteiger partial charge in [-0.05, 0) is 37.0 Å². The number of aryl methyl sites for hydroxylation is 1. The minimum Gasteiger partial charge on any atom is -0.490 e. The van der Waals surface area contributed by atoms with Gasteiger partial charge in [-0.3, -0.25) is 9.59 Å². The molecule has 0 saturated heterocycles. The molecule has 2 aromatic rings. The van der Waals surface area contributed by atoms with Crippen LogP contribution in [-0.4, -0.2) is 30.9 Å². The highest BCUT2D eigenvalue weighted by Crippen LogP contribution is 2.42. The second-order valence-corrected chi connectivity index (χ2v) is 7.87. The van der Waals surface area contributed by atoms with Crippen LogP contribution in [0, 0.1) is 12.8 Å². The molecule has 0 saturated carbocycles. The molecule has 1 aliphatic heterocycles. The minimum atomic E-state index is -0.413. The van der Waals surface area contributed by atoms with Gasteiger partial charge >= 0.3 is 5.97 Å². The second kappa shape index (κ2) is 8.82. The lowest BCUT2D eigenvalue weighted by atomic mass is 9.87. The van der Waals surface area contributed by atoms with E-state index in [2.05, 4.69) is 18.4 Å². The lowest BCUT2D eigenvalue weighted by Gasteiger charge is -2.34. The number of benzene rings is 1. The van der Waals surface area contributed by atoms with Gasteiger partial charge in [0.05, 0.1) is 12.3 Å². The molecule has 0 fully saturated rings. The quantitative estimate of drug-likeness (QED) is 0.401. The zero-order chi connectivity index (χ0) is 21.1. The van der Waals surface area contributed by atoms with Crippen molar-refractivity contribution >= 4 is 5.97 Å². The molecule has 3 rings (SSSR count). The van der Waals surface area contributed by atoms with E-state index in [0.29, 0.717) is 30.6 Å². The lowest BCUT2D eigenvalue weighted by Crippen LogP contribution is -2.26. The first-order chi connectivity index (χ1) is 13.8. The minimum absolute atomic E-state index is 0.000495. The highest BCUT2D eigenvalue weighted by atomic mass is 16.6.